The fourth-order valence-corrected chi connectivity index (χ4v) is 5.07. The second kappa shape index (κ2) is 9.20. The zero-order valence-corrected chi connectivity index (χ0v) is 18.7. The molecule has 1 aliphatic heterocycles. The third-order valence-corrected chi connectivity index (χ3v) is 7.11. The van der Waals surface area contributed by atoms with Crippen molar-refractivity contribution in [2.45, 2.75) is 25.4 Å². The largest absolute Gasteiger partial charge is 0.369 e. The van der Waals surface area contributed by atoms with Crippen LogP contribution in [0.15, 0.2) is 42.1 Å². The number of hydrogen-bond acceptors (Lipinski definition) is 5. The molecule has 1 fully saturated rings. The van der Waals surface area contributed by atoms with Gasteiger partial charge in [-0.2, -0.15) is 9.40 Å². The van der Waals surface area contributed by atoms with Crippen LogP contribution in [-0.2, 0) is 16.6 Å². The molecule has 1 aromatic heterocycles. The highest BCUT2D eigenvalue weighted by molar-refractivity contribution is 7.89. The molecule has 10 heteroatoms. The minimum atomic E-state index is -3.91. The summed E-state index contributed by atoms with van der Waals surface area (Å²) in [6.45, 7) is 9.72. The van der Waals surface area contributed by atoms with E-state index >= 15 is 0 Å². The molecule has 0 saturated carbocycles. The number of benzene rings is 1. The molecular formula is C20H26ClN5O3S. The quantitative estimate of drug-likeness (QED) is 0.652. The first-order chi connectivity index (χ1) is 14.3. The van der Waals surface area contributed by atoms with E-state index in [2.05, 4.69) is 21.9 Å². The molecule has 0 bridgehead atoms. The van der Waals surface area contributed by atoms with Crippen LogP contribution in [0.25, 0.3) is 0 Å². The Balaban J connectivity index is 1.82. The molecule has 0 atom stereocenters. The number of rotatable bonds is 7. The van der Waals surface area contributed by atoms with Gasteiger partial charge in [-0.3, -0.25) is 9.48 Å². The first-order valence-corrected chi connectivity index (χ1v) is 11.6. The van der Waals surface area contributed by atoms with E-state index in [0.717, 1.165) is 11.3 Å². The Bertz CT molecular complexity index is 1040. The highest BCUT2D eigenvalue weighted by atomic mass is 35.5. The molecule has 8 nitrogen and oxygen atoms in total. The lowest BCUT2D eigenvalue weighted by Crippen LogP contribution is -2.49. The van der Waals surface area contributed by atoms with Gasteiger partial charge < -0.3 is 10.2 Å². The molecule has 1 aromatic carbocycles. The van der Waals surface area contributed by atoms with E-state index in [4.69, 9.17) is 11.6 Å². The molecule has 3 rings (SSSR count). The number of carbonyl (C=O) groups excluding carboxylic acids is 1. The molecular weight excluding hydrogens is 426 g/mol. The van der Waals surface area contributed by atoms with E-state index in [1.165, 1.54) is 21.3 Å². The maximum absolute atomic E-state index is 13.3. The van der Waals surface area contributed by atoms with Crippen molar-refractivity contribution >= 4 is 33.2 Å². The Morgan fingerprint density at radius 3 is 2.63 bits per heavy atom. The first kappa shape index (κ1) is 22.3. The van der Waals surface area contributed by atoms with Crippen LogP contribution in [0.4, 0.5) is 5.69 Å². The topological polar surface area (TPSA) is 87.5 Å². The summed E-state index contributed by atoms with van der Waals surface area (Å²) in [4.78, 5) is 14.6. The monoisotopic (exact) mass is 451 g/mol. The summed E-state index contributed by atoms with van der Waals surface area (Å²) in [6, 6.07) is 5.68. The summed E-state index contributed by atoms with van der Waals surface area (Å²) in [5.41, 5.74) is 2.13. The lowest BCUT2D eigenvalue weighted by atomic mass is 10.1. The number of nitrogens with zero attached hydrogens (tertiary/aromatic N) is 4. The second-order valence-electron chi connectivity index (χ2n) is 7.02. The molecule has 0 unspecified atom stereocenters. The molecule has 1 amide bonds. The molecule has 0 radical (unpaired) electrons. The normalized spacial score (nSPS) is 15.2. The molecule has 0 aliphatic carbocycles. The van der Waals surface area contributed by atoms with Gasteiger partial charge in [0, 0.05) is 56.2 Å². The van der Waals surface area contributed by atoms with Gasteiger partial charge in [0.15, 0.2) is 0 Å². The summed E-state index contributed by atoms with van der Waals surface area (Å²) >= 11 is 6.13. The van der Waals surface area contributed by atoms with Crippen molar-refractivity contribution in [3.05, 3.63) is 53.2 Å². The maximum Gasteiger partial charge on any atom is 0.263 e. The van der Waals surface area contributed by atoms with Gasteiger partial charge in [-0.15, -0.1) is 6.58 Å². The number of piperazine rings is 1. The lowest BCUT2D eigenvalue weighted by Gasteiger charge is -2.35. The van der Waals surface area contributed by atoms with E-state index in [1.54, 1.807) is 0 Å². The van der Waals surface area contributed by atoms with Crippen molar-refractivity contribution in [2.24, 2.45) is 0 Å². The summed E-state index contributed by atoms with van der Waals surface area (Å²) in [5.74, 6) is -0.485. The van der Waals surface area contributed by atoms with E-state index < -0.39 is 15.9 Å². The lowest BCUT2D eigenvalue weighted by molar-refractivity contribution is 0.0954. The predicted molar refractivity (Wildman–Crippen MR) is 118 cm³/mol. The van der Waals surface area contributed by atoms with Crippen molar-refractivity contribution in [3.63, 3.8) is 0 Å². The minimum Gasteiger partial charge on any atom is -0.369 e. The Labute approximate surface area is 182 Å². The fraction of sp³-hybridized carbons (Fsp3) is 0.400. The zero-order chi connectivity index (χ0) is 21.9. The predicted octanol–water partition coefficient (Wildman–Crippen LogP) is 2.29. The third-order valence-electron chi connectivity index (χ3n) is 5.04. The van der Waals surface area contributed by atoms with Crippen LogP contribution in [0.2, 0.25) is 5.02 Å². The highest BCUT2D eigenvalue weighted by Crippen LogP contribution is 2.27. The van der Waals surface area contributed by atoms with Crippen molar-refractivity contribution < 1.29 is 13.2 Å². The minimum absolute atomic E-state index is 0.0480. The number of aromatic nitrogens is 2. The van der Waals surface area contributed by atoms with Crippen molar-refractivity contribution in [2.75, 3.05) is 37.6 Å². The fourth-order valence-electron chi connectivity index (χ4n) is 3.39. The molecule has 162 valence electrons. The average molecular weight is 452 g/mol. The van der Waals surface area contributed by atoms with Gasteiger partial charge in [0.1, 0.15) is 0 Å². The van der Waals surface area contributed by atoms with Gasteiger partial charge in [-0.1, -0.05) is 23.7 Å². The van der Waals surface area contributed by atoms with Gasteiger partial charge in [0.25, 0.3) is 15.9 Å². The molecule has 1 N–H and O–H groups in total. The van der Waals surface area contributed by atoms with E-state index in [-0.39, 0.29) is 17.1 Å². The zero-order valence-electron chi connectivity index (χ0n) is 17.1. The summed E-state index contributed by atoms with van der Waals surface area (Å²) in [6.07, 6.45) is 3.00. The number of sulfonamides is 1. The number of nitrogens with one attached hydrogen (secondary N) is 1. The van der Waals surface area contributed by atoms with Crippen molar-refractivity contribution in [1.82, 2.24) is 19.4 Å². The van der Waals surface area contributed by atoms with E-state index in [0.29, 0.717) is 37.7 Å². The molecule has 30 heavy (non-hydrogen) atoms. The van der Waals surface area contributed by atoms with Crippen LogP contribution in [-0.4, -0.2) is 61.1 Å². The number of amides is 1. The number of anilines is 1. The Kier molecular flexibility index (Phi) is 6.84. The Hall–Kier alpha value is -2.36. The van der Waals surface area contributed by atoms with Gasteiger partial charge in [-0.05, 0) is 31.5 Å². The first-order valence-electron chi connectivity index (χ1n) is 9.75. The van der Waals surface area contributed by atoms with Gasteiger partial charge in [-0.25, -0.2) is 8.42 Å². The summed E-state index contributed by atoms with van der Waals surface area (Å²) < 4.78 is 29.4. The van der Waals surface area contributed by atoms with Gasteiger partial charge in [0.05, 0.1) is 5.56 Å². The third kappa shape index (κ3) is 4.53. The average Bonchev–Trinajstić information content (AvgIpc) is 3.19. The molecule has 1 saturated heterocycles. The summed E-state index contributed by atoms with van der Waals surface area (Å²) in [5, 5.41) is 7.24. The van der Waals surface area contributed by atoms with Crippen LogP contribution in [0, 0.1) is 6.92 Å². The number of hydrogen-bond donors (Lipinski definition) is 1. The Morgan fingerprint density at radius 1 is 1.30 bits per heavy atom. The van der Waals surface area contributed by atoms with Crippen LogP contribution in [0.3, 0.4) is 0 Å². The number of carbonyl (C=O) groups is 1. The highest BCUT2D eigenvalue weighted by Gasteiger charge is 2.34. The van der Waals surface area contributed by atoms with Crippen molar-refractivity contribution in [1.29, 1.82) is 0 Å². The Morgan fingerprint density at radius 2 is 2.00 bits per heavy atom. The smallest absolute Gasteiger partial charge is 0.263 e. The SMILES string of the molecule is C=CCNC(=O)c1cn(CC)nc1S(=O)(=O)N1CCN(c2cc(Cl)ccc2C)CC1. The number of halogens is 1. The van der Waals surface area contributed by atoms with Crippen LogP contribution >= 0.6 is 11.6 Å². The molecule has 2 aromatic rings. The van der Waals surface area contributed by atoms with Crippen molar-refractivity contribution in [3.8, 4) is 0 Å². The molecule has 0 spiro atoms. The summed E-state index contributed by atoms with van der Waals surface area (Å²) in [7, 11) is -3.91. The van der Waals surface area contributed by atoms with Crippen LogP contribution in [0.5, 0.6) is 0 Å². The van der Waals surface area contributed by atoms with Crippen LogP contribution < -0.4 is 10.2 Å². The van der Waals surface area contributed by atoms with E-state index in [1.807, 2.05) is 32.0 Å². The van der Waals surface area contributed by atoms with Crippen LogP contribution in [0.1, 0.15) is 22.8 Å². The second-order valence-corrected chi connectivity index (χ2v) is 9.31. The van der Waals surface area contributed by atoms with Gasteiger partial charge in [0.2, 0.25) is 5.03 Å². The molecule has 1 aliphatic rings. The number of aryl methyl sites for hydroxylation is 2. The molecule has 2 heterocycles. The standard InChI is InChI=1S/C20H26ClN5O3S/c1-4-8-22-19(27)17-14-25(5-2)23-20(17)30(28,29)26-11-9-24(10-12-26)18-13-16(21)7-6-15(18)3/h4,6-7,13-14H,1,5,8-12H2,2-3H3,(H,22,27). The maximum atomic E-state index is 13.3. The van der Waals surface area contributed by atoms with E-state index in [9.17, 15) is 13.2 Å². The van der Waals surface area contributed by atoms with Gasteiger partial charge >= 0.3 is 0 Å².